The summed E-state index contributed by atoms with van der Waals surface area (Å²) in [7, 11) is 0. The standard InChI is InChI=1S/C9H16Cl4Si2/c1-14(10,11)9(15(2,12)13)6-7-3-4-8(9)5-7/h7-8H,3-6H2,1-2H3. The minimum atomic E-state index is -2.32. The Morgan fingerprint density at radius 3 is 1.73 bits per heavy atom. The van der Waals surface area contributed by atoms with Gasteiger partial charge in [0.25, 0.3) is 13.4 Å². The molecule has 88 valence electrons. The van der Waals surface area contributed by atoms with Gasteiger partial charge in [0.2, 0.25) is 0 Å². The molecule has 15 heavy (non-hydrogen) atoms. The number of hydrogen-bond donors (Lipinski definition) is 0. The molecular formula is C9H16Cl4Si2. The molecule has 2 unspecified atom stereocenters. The van der Waals surface area contributed by atoms with E-state index in [0.717, 1.165) is 12.3 Å². The summed E-state index contributed by atoms with van der Waals surface area (Å²) < 4.78 is -0.0743. The van der Waals surface area contributed by atoms with Gasteiger partial charge < -0.3 is 0 Å². The molecule has 2 saturated carbocycles. The highest BCUT2D eigenvalue weighted by Gasteiger charge is 2.69. The zero-order chi connectivity index (χ0) is 11.5. The van der Waals surface area contributed by atoms with Gasteiger partial charge in [-0.2, -0.15) is 0 Å². The number of halogens is 4. The molecule has 2 rings (SSSR count). The van der Waals surface area contributed by atoms with Crippen LogP contribution in [-0.2, 0) is 0 Å². The molecule has 2 atom stereocenters. The topological polar surface area (TPSA) is 0 Å². The monoisotopic (exact) mass is 320 g/mol. The Bertz CT molecular complexity index is 254. The maximum atomic E-state index is 6.55. The Labute approximate surface area is 112 Å². The third-order valence-electron chi connectivity index (χ3n) is 4.42. The molecule has 0 N–H and O–H groups in total. The summed E-state index contributed by atoms with van der Waals surface area (Å²) in [6.07, 6.45) is 4.89. The number of fused-ring (bicyclic) bond motifs is 2. The Morgan fingerprint density at radius 1 is 1.00 bits per heavy atom. The van der Waals surface area contributed by atoms with Crippen LogP contribution in [0.1, 0.15) is 25.7 Å². The number of hydrogen-bond acceptors (Lipinski definition) is 0. The minimum Gasteiger partial charge on any atom is -0.146 e. The first-order chi connectivity index (χ1) is 6.68. The molecule has 2 aliphatic rings. The Kier molecular flexibility index (Phi) is 3.30. The van der Waals surface area contributed by atoms with E-state index in [-0.39, 0.29) is 4.66 Å². The second-order valence-electron chi connectivity index (χ2n) is 5.33. The van der Waals surface area contributed by atoms with E-state index >= 15 is 0 Å². The van der Waals surface area contributed by atoms with E-state index in [1.54, 1.807) is 0 Å². The van der Waals surface area contributed by atoms with Crippen LogP contribution in [0.2, 0.25) is 17.8 Å². The Balaban J connectivity index is 2.42. The first-order valence-electron chi connectivity index (χ1n) is 5.44. The summed E-state index contributed by atoms with van der Waals surface area (Å²) in [5, 5.41) is 0. The first kappa shape index (κ1) is 13.0. The van der Waals surface area contributed by atoms with Crippen LogP contribution in [-0.4, -0.2) is 13.4 Å². The van der Waals surface area contributed by atoms with Gasteiger partial charge in [-0.15, -0.1) is 44.3 Å². The molecule has 0 nitrogen and oxygen atoms in total. The lowest BCUT2D eigenvalue weighted by atomic mass is 9.99. The van der Waals surface area contributed by atoms with E-state index in [1.165, 1.54) is 19.3 Å². The van der Waals surface area contributed by atoms with E-state index in [1.807, 2.05) is 13.1 Å². The average Bonchev–Trinajstić information content (AvgIpc) is 2.57. The van der Waals surface area contributed by atoms with Crippen LogP contribution in [0.3, 0.4) is 0 Å². The van der Waals surface area contributed by atoms with E-state index < -0.39 is 13.4 Å². The van der Waals surface area contributed by atoms with Gasteiger partial charge in [-0.1, -0.05) is 12.8 Å². The van der Waals surface area contributed by atoms with Gasteiger partial charge in [0.15, 0.2) is 0 Å². The van der Waals surface area contributed by atoms with Gasteiger partial charge in [0.1, 0.15) is 0 Å². The lowest BCUT2D eigenvalue weighted by Crippen LogP contribution is -2.52. The predicted octanol–water partition coefficient (Wildman–Crippen LogP) is 5.19. The molecule has 0 aromatic rings. The summed E-state index contributed by atoms with van der Waals surface area (Å²) in [6, 6.07) is 0. The van der Waals surface area contributed by atoms with Crippen LogP contribution < -0.4 is 0 Å². The second kappa shape index (κ2) is 3.79. The third-order valence-corrected chi connectivity index (χ3v) is 17.7. The largest absolute Gasteiger partial charge is 0.254 e. The molecule has 0 amide bonds. The summed E-state index contributed by atoms with van der Waals surface area (Å²) in [5.74, 6) is 1.38. The van der Waals surface area contributed by atoms with Crippen molar-refractivity contribution in [3.63, 3.8) is 0 Å². The summed E-state index contributed by atoms with van der Waals surface area (Å²) >= 11 is 26.2. The fraction of sp³-hybridized carbons (Fsp3) is 1.00. The quantitative estimate of drug-likeness (QED) is 0.485. The van der Waals surface area contributed by atoms with E-state index in [4.69, 9.17) is 44.3 Å². The van der Waals surface area contributed by atoms with E-state index in [9.17, 15) is 0 Å². The molecule has 0 aliphatic heterocycles. The molecule has 2 aliphatic carbocycles. The highest BCUT2D eigenvalue weighted by molar-refractivity contribution is 7.58. The Hall–Kier alpha value is 1.59. The molecule has 6 heteroatoms. The van der Waals surface area contributed by atoms with E-state index in [2.05, 4.69) is 0 Å². The lowest BCUT2D eigenvalue weighted by molar-refractivity contribution is 0.432. The lowest BCUT2D eigenvalue weighted by Gasteiger charge is -2.48. The SMILES string of the molecule is C[Si](Cl)(Cl)C1([Si](C)(Cl)Cl)CC2CCC1C2. The van der Waals surface area contributed by atoms with Gasteiger partial charge in [0, 0.05) is 4.66 Å². The van der Waals surface area contributed by atoms with Gasteiger partial charge in [-0.3, -0.25) is 0 Å². The number of rotatable bonds is 2. The smallest absolute Gasteiger partial charge is 0.146 e. The van der Waals surface area contributed by atoms with Gasteiger partial charge >= 0.3 is 0 Å². The third kappa shape index (κ3) is 1.84. The van der Waals surface area contributed by atoms with Crippen molar-refractivity contribution >= 4 is 57.7 Å². The van der Waals surface area contributed by atoms with Crippen molar-refractivity contribution in [2.24, 2.45) is 11.8 Å². The van der Waals surface area contributed by atoms with Gasteiger partial charge in [0.05, 0.1) is 0 Å². The normalized spacial score (nSPS) is 34.8. The van der Waals surface area contributed by atoms with Crippen molar-refractivity contribution < 1.29 is 0 Å². The minimum absolute atomic E-state index is 0.0743. The van der Waals surface area contributed by atoms with Gasteiger partial charge in [-0.05, 0) is 37.8 Å². The molecule has 0 spiro atoms. The molecule has 2 bridgehead atoms. The molecule has 0 heterocycles. The maximum Gasteiger partial charge on any atom is 0.254 e. The van der Waals surface area contributed by atoms with Crippen molar-refractivity contribution in [1.82, 2.24) is 0 Å². The second-order valence-corrected chi connectivity index (χ2v) is 21.4. The van der Waals surface area contributed by atoms with Crippen LogP contribution in [0.4, 0.5) is 0 Å². The van der Waals surface area contributed by atoms with Gasteiger partial charge in [-0.25, -0.2) is 0 Å². The zero-order valence-electron chi connectivity index (χ0n) is 8.99. The first-order valence-corrected chi connectivity index (χ1v) is 14.5. The zero-order valence-corrected chi connectivity index (χ0v) is 14.0. The van der Waals surface area contributed by atoms with Crippen LogP contribution >= 0.6 is 44.3 Å². The van der Waals surface area contributed by atoms with E-state index in [0.29, 0.717) is 5.92 Å². The molecule has 0 aromatic carbocycles. The fourth-order valence-electron chi connectivity index (χ4n) is 3.79. The Morgan fingerprint density at radius 2 is 1.53 bits per heavy atom. The highest BCUT2D eigenvalue weighted by atomic mass is 35.7. The van der Waals surface area contributed by atoms with Crippen molar-refractivity contribution in [3.8, 4) is 0 Å². The van der Waals surface area contributed by atoms with Crippen molar-refractivity contribution in [1.29, 1.82) is 0 Å². The molecular weight excluding hydrogens is 306 g/mol. The van der Waals surface area contributed by atoms with Crippen LogP contribution in [0.25, 0.3) is 0 Å². The van der Waals surface area contributed by atoms with Crippen molar-refractivity contribution in [2.75, 3.05) is 0 Å². The van der Waals surface area contributed by atoms with Crippen molar-refractivity contribution in [2.45, 2.75) is 43.4 Å². The maximum absolute atomic E-state index is 6.55. The van der Waals surface area contributed by atoms with Crippen LogP contribution in [0, 0.1) is 11.8 Å². The average molecular weight is 322 g/mol. The van der Waals surface area contributed by atoms with Crippen LogP contribution in [0.15, 0.2) is 0 Å². The molecule has 0 aromatic heterocycles. The van der Waals surface area contributed by atoms with Crippen molar-refractivity contribution in [3.05, 3.63) is 0 Å². The molecule has 0 saturated heterocycles. The predicted molar refractivity (Wildman–Crippen MR) is 74.8 cm³/mol. The summed E-state index contributed by atoms with van der Waals surface area (Å²) in [6.45, 7) is -0.629. The molecule has 0 radical (unpaired) electrons. The summed E-state index contributed by atoms with van der Waals surface area (Å²) in [4.78, 5) is 0. The fourth-order valence-corrected chi connectivity index (χ4v) is 21.4. The van der Waals surface area contributed by atoms with Crippen LogP contribution in [0.5, 0.6) is 0 Å². The highest BCUT2D eigenvalue weighted by Crippen LogP contribution is 2.71. The molecule has 2 fully saturated rings. The summed E-state index contributed by atoms with van der Waals surface area (Å²) in [5.41, 5.74) is 0.